The Balaban J connectivity index is 2.46. The van der Waals surface area contributed by atoms with Crippen molar-refractivity contribution in [1.82, 2.24) is 10.2 Å². The second-order valence-electron chi connectivity index (χ2n) is 3.15. The lowest BCUT2D eigenvalue weighted by Crippen LogP contribution is -2.03. The highest BCUT2D eigenvalue weighted by atomic mass is 19.3. The highest BCUT2D eigenvalue weighted by molar-refractivity contribution is 5.69. The summed E-state index contributed by atoms with van der Waals surface area (Å²) in [5, 5.41) is 7.18. The van der Waals surface area contributed by atoms with Gasteiger partial charge in [0.25, 0.3) is 0 Å². The first-order chi connectivity index (χ1) is 8.16. The molecule has 0 bridgehead atoms. The molecule has 0 aliphatic rings. The Morgan fingerprint density at radius 1 is 1.12 bits per heavy atom. The summed E-state index contributed by atoms with van der Waals surface area (Å²) in [6.07, 6.45) is 2.79. The lowest BCUT2D eigenvalue weighted by Gasteiger charge is -2.10. The van der Waals surface area contributed by atoms with Gasteiger partial charge < -0.3 is 4.74 Å². The van der Waals surface area contributed by atoms with E-state index >= 15 is 0 Å². The minimum atomic E-state index is -3.01. The van der Waals surface area contributed by atoms with E-state index in [1.165, 1.54) is 18.5 Å². The van der Waals surface area contributed by atoms with Crippen molar-refractivity contribution in [2.75, 3.05) is 0 Å². The molecular formula is C11H7F3N2O. The van der Waals surface area contributed by atoms with Crippen molar-refractivity contribution in [3.8, 4) is 16.9 Å². The summed E-state index contributed by atoms with van der Waals surface area (Å²) in [7, 11) is 0. The second-order valence-corrected chi connectivity index (χ2v) is 3.15. The third-order valence-corrected chi connectivity index (χ3v) is 2.05. The van der Waals surface area contributed by atoms with Gasteiger partial charge in [0.15, 0.2) is 0 Å². The Kier molecular flexibility index (Phi) is 3.22. The molecule has 0 amide bonds. The lowest BCUT2D eigenvalue weighted by atomic mass is 10.1. The van der Waals surface area contributed by atoms with E-state index in [9.17, 15) is 13.2 Å². The summed E-state index contributed by atoms with van der Waals surface area (Å²) in [5.41, 5.74) is 0.859. The highest BCUT2D eigenvalue weighted by Gasteiger charge is 2.12. The van der Waals surface area contributed by atoms with Crippen molar-refractivity contribution < 1.29 is 17.9 Å². The van der Waals surface area contributed by atoms with Crippen molar-refractivity contribution in [2.45, 2.75) is 6.61 Å². The van der Waals surface area contributed by atoms with Gasteiger partial charge in [-0.25, -0.2) is 4.39 Å². The molecule has 1 aromatic heterocycles. The van der Waals surface area contributed by atoms with Crippen LogP contribution in [0.5, 0.6) is 5.75 Å². The minimum Gasteiger partial charge on any atom is -0.434 e. The average Bonchev–Trinajstić information content (AvgIpc) is 2.29. The molecule has 6 heteroatoms. The molecule has 0 spiro atoms. The van der Waals surface area contributed by atoms with Gasteiger partial charge in [0.1, 0.15) is 11.6 Å². The zero-order chi connectivity index (χ0) is 12.3. The maximum absolute atomic E-state index is 13.0. The molecule has 0 N–H and O–H groups in total. The average molecular weight is 240 g/mol. The molecular weight excluding hydrogens is 233 g/mol. The van der Waals surface area contributed by atoms with E-state index in [2.05, 4.69) is 14.9 Å². The molecule has 0 aliphatic carbocycles. The van der Waals surface area contributed by atoms with E-state index in [-0.39, 0.29) is 5.75 Å². The Bertz CT molecular complexity index is 505. The van der Waals surface area contributed by atoms with Crippen LogP contribution in [0.2, 0.25) is 0 Å². The molecule has 88 valence electrons. The van der Waals surface area contributed by atoms with Crippen molar-refractivity contribution in [3.63, 3.8) is 0 Å². The number of halogens is 3. The van der Waals surface area contributed by atoms with Crippen LogP contribution in [-0.4, -0.2) is 16.8 Å². The van der Waals surface area contributed by atoms with Gasteiger partial charge in [-0.2, -0.15) is 19.0 Å². The van der Waals surface area contributed by atoms with Crippen LogP contribution in [0, 0.1) is 5.82 Å². The summed E-state index contributed by atoms with van der Waals surface area (Å²) in [6.45, 7) is -3.01. The molecule has 2 aromatic rings. The molecule has 3 nitrogen and oxygen atoms in total. The van der Waals surface area contributed by atoms with Gasteiger partial charge in [0, 0.05) is 17.2 Å². The number of hydrogen-bond acceptors (Lipinski definition) is 3. The van der Waals surface area contributed by atoms with Crippen LogP contribution in [0.25, 0.3) is 11.1 Å². The maximum atomic E-state index is 13.0. The van der Waals surface area contributed by atoms with Crippen molar-refractivity contribution >= 4 is 0 Å². The quantitative estimate of drug-likeness (QED) is 0.827. The van der Waals surface area contributed by atoms with Gasteiger partial charge in [-0.05, 0) is 18.2 Å². The van der Waals surface area contributed by atoms with Crippen LogP contribution < -0.4 is 4.74 Å². The molecule has 2 rings (SSSR count). The number of alkyl halides is 2. The normalized spacial score (nSPS) is 10.6. The number of benzene rings is 1. The van der Waals surface area contributed by atoms with Crippen LogP contribution in [0.1, 0.15) is 0 Å². The van der Waals surface area contributed by atoms with Crippen LogP contribution in [0.4, 0.5) is 13.2 Å². The summed E-state index contributed by atoms with van der Waals surface area (Å²) < 4.78 is 41.6. The Morgan fingerprint density at radius 3 is 2.59 bits per heavy atom. The Hall–Kier alpha value is -2.11. The number of ether oxygens (including phenoxy) is 1. The predicted molar refractivity (Wildman–Crippen MR) is 54.1 cm³/mol. The molecule has 0 fully saturated rings. The second kappa shape index (κ2) is 4.82. The largest absolute Gasteiger partial charge is 0.434 e. The van der Waals surface area contributed by atoms with E-state index < -0.39 is 12.4 Å². The first kappa shape index (κ1) is 11.4. The molecule has 0 radical (unpaired) electrons. The fraction of sp³-hybridized carbons (Fsp3) is 0.0909. The fourth-order valence-corrected chi connectivity index (χ4v) is 1.38. The number of aromatic nitrogens is 2. The number of rotatable bonds is 3. The van der Waals surface area contributed by atoms with E-state index in [4.69, 9.17) is 0 Å². The summed E-state index contributed by atoms with van der Waals surface area (Å²) in [6, 6.07) is 4.98. The minimum absolute atomic E-state index is 0.229. The Labute approximate surface area is 94.9 Å². The molecule has 0 unspecified atom stereocenters. The van der Waals surface area contributed by atoms with Crippen LogP contribution in [0.15, 0.2) is 36.7 Å². The fourth-order valence-electron chi connectivity index (χ4n) is 1.38. The van der Waals surface area contributed by atoms with Crippen LogP contribution >= 0.6 is 0 Å². The zero-order valence-electron chi connectivity index (χ0n) is 8.48. The lowest BCUT2D eigenvalue weighted by molar-refractivity contribution is -0.0496. The summed E-state index contributed by atoms with van der Waals surface area (Å²) in [4.78, 5) is 0. The molecule has 1 heterocycles. The molecule has 17 heavy (non-hydrogen) atoms. The van der Waals surface area contributed by atoms with Gasteiger partial charge in [-0.15, -0.1) is 0 Å². The molecule has 0 saturated carbocycles. The maximum Gasteiger partial charge on any atom is 0.387 e. The van der Waals surface area contributed by atoms with Gasteiger partial charge >= 0.3 is 6.61 Å². The molecule has 0 atom stereocenters. The van der Waals surface area contributed by atoms with Gasteiger partial charge in [0.05, 0.1) is 12.4 Å². The first-order valence-electron chi connectivity index (χ1n) is 4.68. The van der Waals surface area contributed by atoms with Crippen LogP contribution in [0.3, 0.4) is 0 Å². The standard InChI is InChI=1S/C11H7F3N2O/c12-8-1-2-9(7-3-4-15-16-6-7)10(5-8)17-11(13)14/h1-6,11H. The van der Waals surface area contributed by atoms with Crippen molar-refractivity contribution in [3.05, 3.63) is 42.5 Å². The van der Waals surface area contributed by atoms with E-state index in [0.717, 1.165) is 12.1 Å². The van der Waals surface area contributed by atoms with Gasteiger partial charge in [0.2, 0.25) is 0 Å². The van der Waals surface area contributed by atoms with Crippen LogP contribution in [-0.2, 0) is 0 Å². The smallest absolute Gasteiger partial charge is 0.387 e. The molecule has 1 aromatic carbocycles. The van der Waals surface area contributed by atoms with Gasteiger partial charge in [-0.1, -0.05) is 0 Å². The zero-order valence-corrected chi connectivity index (χ0v) is 8.48. The Morgan fingerprint density at radius 2 is 1.94 bits per heavy atom. The van der Waals surface area contributed by atoms with E-state index in [1.807, 2.05) is 0 Å². The summed E-state index contributed by atoms with van der Waals surface area (Å²) >= 11 is 0. The van der Waals surface area contributed by atoms with Crippen molar-refractivity contribution in [2.24, 2.45) is 0 Å². The molecule has 0 saturated heterocycles. The third-order valence-electron chi connectivity index (χ3n) is 2.05. The summed E-state index contributed by atoms with van der Waals surface area (Å²) in [5.74, 6) is -0.876. The monoisotopic (exact) mass is 240 g/mol. The predicted octanol–water partition coefficient (Wildman–Crippen LogP) is 2.88. The topological polar surface area (TPSA) is 35.0 Å². The highest BCUT2D eigenvalue weighted by Crippen LogP contribution is 2.30. The number of nitrogens with zero attached hydrogens (tertiary/aromatic N) is 2. The first-order valence-corrected chi connectivity index (χ1v) is 4.68. The third kappa shape index (κ3) is 2.72. The number of hydrogen-bond donors (Lipinski definition) is 0. The SMILES string of the molecule is Fc1ccc(-c2ccnnc2)c(OC(F)F)c1. The van der Waals surface area contributed by atoms with E-state index in [0.29, 0.717) is 11.1 Å². The van der Waals surface area contributed by atoms with Gasteiger partial charge in [-0.3, -0.25) is 0 Å². The molecule has 0 aliphatic heterocycles. The van der Waals surface area contributed by atoms with Crippen molar-refractivity contribution in [1.29, 1.82) is 0 Å². The van der Waals surface area contributed by atoms with E-state index in [1.54, 1.807) is 6.07 Å².